The number of halogens is 1. The summed E-state index contributed by atoms with van der Waals surface area (Å²) in [6.07, 6.45) is 1.23. The van der Waals surface area contributed by atoms with Gasteiger partial charge in [0.25, 0.3) is 0 Å². The smallest absolute Gasteiger partial charge is 1.00 e. The molecule has 0 saturated carbocycles. The maximum Gasteiger partial charge on any atom is 2.00 e. The fourth-order valence-corrected chi connectivity index (χ4v) is 6.78. The van der Waals surface area contributed by atoms with Crippen LogP contribution in [0.25, 0.3) is 0 Å². The van der Waals surface area contributed by atoms with Crippen molar-refractivity contribution in [2.75, 3.05) is 0 Å². The van der Waals surface area contributed by atoms with Gasteiger partial charge in [-0.05, 0) is 30.6 Å². The van der Waals surface area contributed by atoms with Crippen LogP contribution in [0.5, 0.6) is 0 Å². The van der Waals surface area contributed by atoms with Crippen molar-refractivity contribution in [3.05, 3.63) is 121 Å². The fourth-order valence-electron chi connectivity index (χ4n) is 3.17. The molecule has 4 aromatic rings. The van der Waals surface area contributed by atoms with Gasteiger partial charge in [0.1, 0.15) is 0 Å². The van der Waals surface area contributed by atoms with Crippen LogP contribution in [0.1, 0.15) is 20.3 Å². The summed E-state index contributed by atoms with van der Waals surface area (Å²) in [4.78, 5) is 0. The molecule has 32 heavy (non-hydrogen) atoms. The largest absolute Gasteiger partial charge is 2.00 e. The topological polar surface area (TPSA) is 0 Å². The Morgan fingerprint density at radius 1 is 0.594 bits per heavy atom. The average Bonchev–Trinajstić information content (AvgIpc) is 2.82. The fraction of sp³-hybridized carbons (Fsp3) is 0.143. The Balaban J connectivity index is 0.000000310. The minimum absolute atomic E-state index is 0. The Labute approximate surface area is 216 Å². The van der Waals surface area contributed by atoms with E-state index in [-0.39, 0.29) is 40.8 Å². The van der Waals surface area contributed by atoms with E-state index in [0.29, 0.717) is 0 Å². The van der Waals surface area contributed by atoms with Crippen molar-refractivity contribution in [1.29, 1.82) is 0 Å². The molecular formula is C28H29ClP2Pd. The van der Waals surface area contributed by atoms with Gasteiger partial charge in [-0.15, -0.1) is 0 Å². The standard InChI is InChI=1S/C16H19P.C12H10P.ClH.Pd/c1-3-14(2)17(15-10-6-4-7-11-15)16-12-8-5-9-13-16;1-3-7-11(8-4-1)13-12-9-5-2-6-10-12;;/h4-14H,3H2,1-2H3;1-10H;1H;/q;-1;;+2/p-1. The van der Waals surface area contributed by atoms with Crippen molar-refractivity contribution >= 4 is 37.7 Å². The third-order valence-electron chi connectivity index (χ3n) is 4.87. The molecule has 0 radical (unpaired) electrons. The molecule has 0 N–H and O–H groups in total. The first-order chi connectivity index (χ1) is 14.8. The normalized spacial score (nSPS) is 10.7. The molecule has 4 rings (SSSR count). The van der Waals surface area contributed by atoms with Crippen LogP contribution in [-0.4, -0.2) is 5.66 Å². The second-order valence-electron chi connectivity index (χ2n) is 7.08. The Kier molecular flexibility index (Phi) is 14.7. The van der Waals surface area contributed by atoms with Crippen molar-refractivity contribution in [1.82, 2.24) is 0 Å². The van der Waals surface area contributed by atoms with E-state index in [1.165, 1.54) is 36.2 Å². The van der Waals surface area contributed by atoms with E-state index in [4.69, 9.17) is 0 Å². The minimum atomic E-state index is -0.212. The van der Waals surface area contributed by atoms with Gasteiger partial charge in [0, 0.05) is 0 Å². The maximum absolute atomic E-state index is 2.37. The van der Waals surface area contributed by atoms with E-state index in [9.17, 15) is 0 Å². The molecule has 0 aliphatic heterocycles. The molecule has 168 valence electrons. The molecule has 1 atom stereocenters. The zero-order valence-electron chi connectivity index (χ0n) is 18.4. The summed E-state index contributed by atoms with van der Waals surface area (Å²) in [6, 6.07) is 42.8. The molecule has 0 amide bonds. The molecule has 0 bridgehead atoms. The Morgan fingerprint density at radius 2 is 0.906 bits per heavy atom. The number of hydrogen-bond acceptors (Lipinski definition) is 0. The van der Waals surface area contributed by atoms with Crippen LogP contribution in [-0.2, 0) is 20.4 Å². The van der Waals surface area contributed by atoms with Crippen molar-refractivity contribution in [2.45, 2.75) is 25.9 Å². The zero-order chi connectivity index (χ0) is 21.0. The molecule has 0 aliphatic carbocycles. The van der Waals surface area contributed by atoms with E-state index in [0.717, 1.165) is 5.66 Å². The average molecular weight is 569 g/mol. The number of rotatable bonds is 6. The Morgan fingerprint density at radius 3 is 1.22 bits per heavy atom. The van der Waals surface area contributed by atoms with E-state index in [1.807, 2.05) is 12.1 Å². The predicted octanol–water partition coefficient (Wildman–Crippen LogP) is 3.50. The second-order valence-corrected chi connectivity index (χ2v) is 11.0. The van der Waals surface area contributed by atoms with Gasteiger partial charge in [0.15, 0.2) is 0 Å². The van der Waals surface area contributed by atoms with Crippen LogP contribution < -0.4 is 33.6 Å². The summed E-state index contributed by atoms with van der Waals surface area (Å²) in [5.41, 5.74) is 0.731. The molecule has 0 fully saturated rings. The quantitative estimate of drug-likeness (QED) is 0.247. The van der Waals surface area contributed by atoms with Crippen molar-refractivity contribution in [3.63, 3.8) is 0 Å². The van der Waals surface area contributed by atoms with Gasteiger partial charge in [-0.3, -0.25) is 0 Å². The van der Waals surface area contributed by atoms with Crippen LogP contribution in [0, 0.1) is 0 Å². The van der Waals surface area contributed by atoms with Crippen LogP contribution in [0.4, 0.5) is 0 Å². The number of benzene rings is 4. The summed E-state index contributed by atoms with van der Waals surface area (Å²) < 4.78 is 0. The molecule has 4 heteroatoms. The molecule has 0 heterocycles. The van der Waals surface area contributed by atoms with E-state index in [1.54, 1.807) is 0 Å². The van der Waals surface area contributed by atoms with Crippen LogP contribution >= 0.6 is 16.5 Å². The predicted molar refractivity (Wildman–Crippen MR) is 138 cm³/mol. The first-order valence-electron chi connectivity index (χ1n) is 10.5. The molecule has 0 aromatic heterocycles. The molecule has 4 aromatic carbocycles. The van der Waals surface area contributed by atoms with Gasteiger partial charge in [0.05, 0.1) is 0 Å². The first kappa shape index (κ1) is 28.7. The van der Waals surface area contributed by atoms with E-state index < -0.39 is 0 Å². The van der Waals surface area contributed by atoms with Crippen molar-refractivity contribution in [3.8, 4) is 0 Å². The summed E-state index contributed by atoms with van der Waals surface area (Å²) in [6.45, 7) is 4.65. The van der Waals surface area contributed by atoms with Gasteiger partial charge in [-0.2, -0.15) is 0 Å². The van der Waals surface area contributed by atoms with Gasteiger partial charge >= 0.3 is 20.4 Å². The van der Waals surface area contributed by atoms with E-state index >= 15 is 0 Å². The summed E-state index contributed by atoms with van der Waals surface area (Å²) in [5.74, 6) is 0. The molecule has 0 nitrogen and oxygen atoms in total. The summed E-state index contributed by atoms with van der Waals surface area (Å²) >= 11 is 0. The van der Waals surface area contributed by atoms with Gasteiger partial charge in [-0.25, -0.2) is 10.6 Å². The molecule has 0 spiro atoms. The first-order valence-corrected chi connectivity index (χ1v) is 12.8. The van der Waals surface area contributed by atoms with Gasteiger partial charge < -0.3 is 21.0 Å². The summed E-state index contributed by atoms with van der Waals surface area (Å²) in [5, 5.41) is 5.66. The SMILES string of the molecule is CCC(C)P(c1ccccc1)c1ccccc1.[Cl-].[Pd+2].c1ccc([P-]c2ccccc2)cc1. The van der Waals surface area contributed by atoms with Gasteiger partial charge in [0.2, 0.25) is 0 Å². The monoisotopic (exact) mass is 568 g/mol. The zero-order valence-corrected chi connectivity index (χ0v) is 22.5. The Hall–Kier alpha value is -1.31. The molecular weight excluding hydrogens is 540 g/mol. The number of hydrogen-bond donors (Lipinski definition) is 0. The second kappa shape index (κ2) is 16.3. The van der Waals surface area contributed by atoms with Crippen LogP contribution in [0.3, 0.4) is 0 Å². The van der Waals surface area contributed by atoms with Crippen molar-refractivity contribution in [2.24, 2.45) is 0 Å². The molecule has 1 unspecified atom stereocenters. The van der Waals surface area contributed by atoms with Crippen LogP contribution in [0.2, 0.25) is 0 Å². The van der Waals surface area contributed by atoms with E-state index in [2.05, 4.69) is 123 Å². The third kappa shape index (κ3) is 9.28. The summed E-state index contributed by atoms with van der Waals surface area (Å²) in [7, 11) is 1.07. The van der Waals surface area contributed by atoms with Gasteiger partial charge in [-0.1, -0.05) is 135 Å². The third-order valence-corrected chi connectivity index (χ3v) is 8.94. The Bertz CT molecular complexity index is 890. The maximum atomic E-state index is 2.37. The van der Waals surface area contributed by atoms with Crippen molar-refractivity contribution < 1.29 is 32.8 Å². The minimum Gasteiger partial charge on any atom is -1.00 e. The molecule has 0 aliphatic rings. The van der Waals surface area contributed by atoms with Crippen LogP contribution in [0.15, 0.2) is 121 Å². The molecule has 0 saturated heterocycles.